The van der Waals surface area contributed by atoms with E-state index in [0.717, 1.165) is 29.5 Å². The van der Waals surface area contributed by atoms with E-state index in [0.29, 0.717) is 17.2 Å². The van der Waals surface area contributed by atoms with Crippen LogP contribution in [-0.4, -0.2) is 14.1 Å². The smallest absolute Gasteiger partial charge is 0.264 e. The van der Waals surface area contributed by atoms with Gasteiger partial charge in [0.05, 0.1) is 10.7 Å². The first-order valence-corrected chi connectivity index (χ1v) is 9.11. The van der Waals surface area contributed by atoms with Gasteiger partial charge in [-0.15, -0.1) is 0 Å². The highest BCUT2D eigenvalue weighted by molar-refractivity contribution is 7.86. The van der Waals surface area contributed by atoms with Crippen molar-refractivity contribution in [3.8, 4) is 0 Å². The molecule has 0 unspecified atom stereocenters. The molecule has 2 aromatic carbocycles. The summed E-state index contributed by atoms with van der Waals surface area (Å²) in [5.41, 5.74) is 3.41. The molecule has 3 rings (SSSR count). The first kappa shape index (κ1) is 16.0. The normalized spacial score (nSPS) is 16.2. The molecular formula is C17H16ClNO3S. The Bertz CT molecular complexity index is 858. The molecule has 23 heavy (non-hydrogen) atoms. The van der Waals surface area contributed by atoms with Crippen LogP contribution in [0.25, 0.3) is 0 Å². The topological polar surface area (TPSA) is 55.7 Å². The van der Waals surface area contributed by atoms with Crippen LogP contribution in [-0.2, 0) is 20.8 Å². The van der Waals surface area contributed by atoms with Gasteiger partial charge in [0.2, 0.25) is 0 Å². The van der Waals surface area contributed by atoms with E-state index < -0.39 is 10.1 Å². The molecule has 4 nitrogen and oxygen atoms in total. The Balaban J connectivity index is 1.91. The van der Waals surface area contributed by atoms with E-state index in [4.69, 9.17) is 15.9 Å². The van der Waals surface area contributed by atoms with Gasteiger partial charge in [0.1, 0.15) is 4.90 Å². The fraction of sp³-hybridized carbons (Fsp3) is 0.235. The number of hydrogen-bond donors (Lipinski definition) is 0. The monoisotopic (exact) mass is 349 g/mol. The second-order valence-corrected chi connectivity index (χ2v) is 7.44. The van der Waals surface area contributed by atoms with E-state index in [2.05, 4.69) is 5.16 Å². The number of fused-ring (bicyclic) bond motifs is 1. The predicted molar refractivity (Wildman–Crippen MR) is 90.4 cm³/mol. The van der Waals surface area contributed by atoms with Gasteiger partial charge >= 0.3 is 10.1 Å². The predicted octanol–water partition coefficient (Wildman–Crippen LogP) is 4.09. The highest BCUT2D eigenvalue weighted by Gasteiger charge is 2.21. The van der Waals surface area contributed by atoms with Crippen LogP contribution in [0.15, 0.2) is 52.5 Å². The molecule has 0 N–H and O–H groups in total. The molecule has 6 heteroatoms. The van der Waals surface area contributed by atoms with Crippen molar-refractivity contribution < 1.29 is 12.7 Å². The zero-order valence-corrected chi connectivity index (χ0v) is 14.2. The van der Waals surface area contributed by atoms with Gasteiger partial charge in [0.25, 0.3) is 0 Å². The molecule has 0 saturated heterocycles. The van der Waals surface area contributed by atoms with Crippen molar-refractivity contribution in [1.29, 1.82) is 0 Å². The molecule has 1 aliphatic rings. The summed E-state index contributed by atoms with van der Waals surface area (Å²) in [6, 6.07) is 12.1. The lowest BCUT2D eigenvalue weighted by atomic mass is 9.90. The van der Waals surface area contributed by atoms with E-state index in [1.54, 1.807) is 18.2 Å². The minimum Gasteiger partial charge on any atom is -0.264 e. The van der Waals surface area contributed by atoms with Gasteiger partial charge in [0.15, 0.2) is 0 Å². The van der Waals surface area contributed by atoms with Crippen LogP contribution in [0.4, 0.5) is 0 Å². The maximum atomic E-state index is 12.2. The van der Waals surface area contributed by atoms with E-state index in [9.17, 15) is 8.42 Å². The maximum absolute atomic E-state index is 12.2. The van der Waals surface area contributed by atoms with Crippen LogP contribution in [0.1, 0.15) is 29.5 Å². The molecule has 0 saturated carbocycles. The van der Waals surface area contributed by atoms with Crippen LogP contribution >= 0.6 is 11.6 Å². The second-order valence-electron chi connectivity index (χ2n) is 5.51. The van der Waals surface area contributed by atoms with Crippen LogP contribution in [0.5, 0.6) is 0 Å². The Morgan fingerprint density at radius 3 is 2.57 bits per heavy atom. The molecule has 0 spiro atoms. The van der Waals surface area contributed by atoms with E-state index >= 15 is 0 Å². The minimum atomic E-state index is -3.92. The lowest BCUT2D eigenvalue weighted by Gasteiger charge is -2.18. The largest absolute Gasteiger partial charge is 0.358 e. The summed E-state index contributed by atoms with van der Waals surface area (Å²) in [4.78, 5) is 0.0858. The van der Waals surface area contributed by atoms with E-state index in [1.165, 1.54) is 12.1 Å². The molecule has 0 atom stereocenters. The average Bonchev–Trinajstić information content (AvgIpc) is 2.53. The minimum absolute atomic E-state index is 0.0858. The zero-order valence-electron chi connectivity index (χ0n) is 12.6. The number of halogens is 1. The van der Waals surface area contributed by atoms with Gasteiger partial charge in [0, 0.05) is 5.56 Å². The number of nitrogens with zero attached hydrogens (tertiary/aromatic N) is 1. The summed E-state index contributed by atoms with van der Waals surface area (Å²) >= 11 is 6.24. The van der Waals surface area contributed by atoms with Crippen molar-refractivity contribution in [3.63, 3.8) is 0 Å². The highest BCUT2D eigenvalue weighted by atomic mass is 35.5. The third-order valence-electron chi connectivity index (χ3n) is 3.80. The summed E-state index contributed by atoms with van der Waals surface area (Å²) in [5.74, 6) is 0. The standard InChI is InChI=1S/C17H16ClNO3S/c1-12-8-10-14(11-9-12)23(20,21)22-19-16-7-3-5-13-4-2-6-15(18)17(13)16/h2,4,6,8-11H,3,5,7H2,1H3/b19-16+. The Morgan fingerprint density at radius 2 is 1.83 bits per heavy atom. The zero-order chi connectivity index (χ0) is 16.4. The summed E-state index contributed by atoms with van der Waals surface area (Å²) in [7, 11) is -3.92. The Kier molecular flexibility index (Phi) is 4.41. The van der Waals surface area contributed by atoms with Gasteiger partial charge in [-0.05, 0) is 49.9 Å². The first-order chi connectivity index (χ1) is 11.0. The van der Waals surface area contributed by atoms with Crippen molar-refractivity contribution in [2.24, 2.45) is 5.16 Å². The highest BCUT2D eigenvalue weighted by Crippen LogP contribution is 2.28. The molecule has 1 aliphatic carbocycles. The van der Waals surface area contributed by atoms with Crippen LogP contribution in [0.2, 0.25) is 5.02 Å². The third-order valence-corrected chi connectivity index (χ3v) is 5.24. The molecule has 0 fully saturated rings. The fourth-order valence-corrected chi connectivity index (χ4v) is 3.65. The second kappa shape index (κ2) is 6.34. The SMILES string of the molecule is Cc1ccc(S(=O)(=O)O/N=C2\CCCc3cccc(Cl)c32)cc1. The number of aryl methyl sites for hydroxylation is 2. The van der Waals surface area contributed by atoms with Crippen molar-refractivity contribution in [2.75, 3.05) is 0 Å². The summed E-state index contributed by atoms with van der Waals surface area (Å²) in [5, 5.41) is 4.47. The Morgan fingerprint density at radius 1 is 1.09 bits per heavy atom. The molecule has 2 aromatic rings. The van der Waals surface area contributed by atoms with Gasteiger partial charge in [-0.1, -0.05) is 46.6 Å². The van der Waals surface area contributed by atoms with Gasteiger partial charge < -0.3 is 0 Å². The van der Waals surface area contributed by atoms with Gasteiger partial charge in [-0.25, -0.2) is 0 Å². The first-order valence-electron chi connectivity index (χ1n) is 7.32. The average molecular weight is 350 g/mol. The Hall–Kier alpha value is -1.85. The molecule has 0 aromatic heterocycles. The molecule has 0 amide bonds. The number of rotatable bonds is 3. The quantitative estimate of drug-likeness (QED) is 0.784. The van der Waals surface area contributed by atoms with Crippen molar-refractivity contribution in [2.45, 2.75) is 31.1 Å². The Labute approximate surface area is 140 Å². The van der Waals surface area contributed by atoms with E-state index in [-0.39, 0.29) is 4.90 Å². The number of oxime groups is 1. The summed E-state index contributed by atoms with van der Waals surface area (Å²) < 4.78 is 29.3. The molecule has 0 aliphatic heterocycles. The molecular weight excluding hydrogens is 334 g/mol. The molecule has 0 heterocycles. The van der Waals surface area contributed by atoms with Crippen molar-refractivity contribution >= 4 is 27.4 Å². The van der Waals surface area contributed by atoms with Gasteiger partial charge in [-0.3, -0.25) is 4.28 Å². The lowest BCUT2D eigenvalue weighted by molar-refractivity contribution is 0.337. The summed E-state index contributed by atoms with van der Waals surface area (Å²) in [6.45, 7) is 1.89. The van der Waals surface area contributed by atoms with Crippen molar-refractivity contribution in [1.82, 2.24) is 0 Å². The summed E-state index contributed by atoms with van der Waals surface area (Å²) in [6.07, 6.45) is 2.43. The fourth-order valence-electron chi connectivity index (χ4n) is 2.60. The molecule has 0 radical (unpaired) electrons. The lowest BCUT2D eigenvalue weighted by Crippen LogP contribution is -2.14. The maximum Gasteiger partial charge on any atom is 0.358 e. The van der Waals surface area contributed by atoms with Crippen LogP contribution < -0.4 is 0 Å². The third kappa shape index (κ3) is 3.41. The number of hydrogen-bond acceptors (Lipinski definition) is 4. The molecule has 0 bridgehead atoms. The number of benzene rings is 2. The van der Waals surface area contributed by atoms with Crippen LogP contribution in [0, 0.1) is 6.92 Å². The van der Waals surface area contributed by atoms with E-state index in [1.807, 2.05) is 19.1 Å². The van der Waals surface area contributed by atoms with Gasteiger partial charge in [-0.2, -0.15) is 8.42 Å². The van der Waals surface area contributed by atoms with Crippen molar-refractivity contribution in [3.05, 3.63) is 64.2 Å². The van der Waals surface area contributed by atoms with Crippen LogP contribution in [0.3, 0.4) is 0 Å². The molecule has 120 valence electrons.